The van der Waals surface area contributed by atoms with E-state index in [1.54, 1.807) is 12.1 Å². The Labute approximate surface area is 151 Å². The second-order valence-corrected chi connectivity index (χ2v) is 5.81. The van der Waals surface area contributed by atoms with Gasteiger partial charge in [0.1, 0.15) is 0 Å². The second kappa shape index (κ2) is 6.72. The molecule has 1 amide bonds. The molecule has 0 radical (unpaired) electrons. The summed E-state index contributed by atoms with van der Waals surface area (Å²) in [5, 5.41) is 6.49. The highest BCUT2D eigenvalue weighted by atomic mass is 35.5. The molecule has 1 heterocycles. The number of amides is 1. The summed E-state index contributed by atoms with van der Waals surface area (Å²) in [6.45, 7) is 0. The molecule has 1 aromatic heterocycles. The summed E-state index contributed by atoms with van der Waals surface area (Å²) in [6.07, 6.45) is -3.92. The zero-order valence-corrected chi connectivity index (χ0v) is 13.8. The SMILES string of the molecule is Nc1cccc(NC(=O)c2cnn(-c3ccc(Cl)cc3)c2C(F)(F)F)c1. The van der Waals surface area contributed by atoms with E-state index in [2.05, 4.69) is 10.4 Å². The molecule has 0 saturated heterocycles. The molecular formula is C17H12ClF3N4O. The summed E-state index contributed by atoms with van der Waals surface area (Å²) < 4.78 is 41.4. The van der Waals surface area contributed by atoms with Crippen LogP contribution >= 0.6 is 11.6 Å². The number of nitrogens with zero attached hydrogens (tertiary/aromatic N) is 2. The Morgan fingerprint density at radius 1 is 1.15 bits per heavy atom. The van der Waals surface area contributed by atoms with Gasteiger partial charge in [0.15, 0.2) is 5.69 Å². The molecule has 0 aliphatic carbocycles. The van der Waals surface area contributed by atoms with Crippen LogP contribution in [0.1, 0.15) is 16.1 Å². The first-order chi connectivity index (χ1) is 12.3. The standard InChI is InChI=1S/C17H12ClF3N4O/c18-10-4-6-13(7-5-10)25-15(17(19,20)21)14(9-23-25)16(26)24-12-3-1-2-11(22)8-12/h1-9H,22H2,(H,24,26). The first kappa shape index (κ1) is 17.8. The summed E-state index contributed by atoms with van der Waals surface area (Å²) in [6, 6.07) is 11.8. The van der Waals surface area contributed by atoms with E-state index in [-0.39, 0.29) is 11.4 Å². The van der Waals surface area contributed by atoms with Gasteiger partial charge in [-0.15, -0.1) is 0 Å². The van der Waals surface area contributed by atoms with Gasteiger partial charge in [0.2, 0.25) is 0 Å². The van der Waals surface area contributed by atoms with Gasteiger partial charge < -0.3 is 11.1 Å². The van der Waals surface area contributed by atoms with Crippen molar-refractivity contribution in [2.45, 2.75) is 6.18 Å². The number of anilines is 2. The van der Waals surface area contributed by atoms with Crippen LogP contribution < -0.4 is 11.1 Å². The van der Waals surface area contributed by atoms with Gasteiger partial charge in [0.25, 0.3) is 5.91 Å². The molecule has 0 fully saturated rings. The van der Waals surface area contributed by atoms with Crippen molar-refractivity contribution in [2.24, 2.45) is 0 Å². The molecule has 0 atom stereocenters. The lowest BCUT2D eigenvalue weighted by atomic mass is 10.2. The molecule has 0 unspecified atom stereocenters. The maximum absolute atomic E-state index is 13.6. The number of aromatic nitrogens is 2. The topological polar surface area (TPSA) is 72.9 Å². The molecule has 0 spiro atoms. The summed E-state index contributed by atoms with van der Waals surface area (Å²) in [4.78, 5) is 12.4. The van der Waals surface area contributed by atoms with E-state index in [1.165, 1.54) is 36.4 Å². The summed E-state index contributed by atoms with van der Waals surface area (Å²) >= 11 is 5.76. The maximum atomic E-state index is 13.6. The highest BCUT2D eigenvalue weighted by Gasteiger charge is 2.40. The second-order valence-electron chi connectivity index (χ2n) is 5.37. The molecule has 0 bridgehead atoms. The fraction of sp³-hybridized carbons (Fsp3) is 0.0588. The van der Waals surface area contributed by atoms with Crippen molar-refractivity contribution in [3.8, 4) is 5.69 Å². The number of hydrogen-bond donors (Lipinski definition) is 2. The van der Waals surface area contributed by atoms with Gasteiger partial charge >= 0.3 is 6.18 Å². The van der Waals surface area contributed by atoms with Crippen molar-refractivity contribution < 1.29 is 18.0 Å². The largest absolute Gasteiger partial charge is 0.434 e. The molecule has 5 nitrogen and oxygen atoms in total. The highest BCUT2D eigenvalue weighted by molar-refractivity contribution is 6.30. The van der Waals surface area contributed by atoms with E-state index in [0.29, 0.717) is 15.4 Å². The van der Waals surface area contributed by atoms with Crippen molar-refractivity contribution in [1.82, 2.24) is 9.78 Å². The van der Waals surface area contributed by atoms with Crippen molar-refractivity contribution >= 4 is 28.9 Å². The van der Waals surface area contributed by atoms with E-state index < -0.39 is 23.3 Å². The first-order valence-corrected chi connectivity index (χ1v) is 7.71. The quantitative estimate of drug-likeness (QED) is 0.662. The molecule has 0 aliphatic heterocycles. The lowest BCUT2D eigenvalue weighted by Gasteiger charge is -2.13. The zero-order chi connectivity index (χ0) is 18.9. The Bertz CT molecular complexity index is 951. The fourth-order valence-corrected chi connectivity index (χ4v) is 2.51. The van der Waals surface area contributed by atoms with Crippen LogP contribution in [-0.4, -0.2) is 15.7 Å². The third-order valence-corrected chi connectivity index (χ3v) is 3.75. The van der Waals surface area contributed by atoms with Crippen LogP contribution in [0.3, 0.4) is 0 Å². The molecule has 3 aromatic rings. The van der Waals surface area contributed by atoms with Crippen molar-refractivity contribution in [3.05, 3.63) is 71.0 Å². The van der Waals surface area contributed by atoms with Crippen LogP contribution in [0, 0.1) is 0 Å². The van der Waals surface area contributed by atoms with Crippen LogP contribution in [0.15, 0.2) is 54.7 Å². The Morgan fingerprint density at radius 3 is 2.46 bits per heavy atom. The van der Waals surface area contributed by atoms with Crippen molar-refractivity contribution in [3.63, 3.8) is 0 Å². The molecule has 134 valence electrons. The van der Waals surface area contributed by atoms with Crippen LogP contribution in [0.4, 0.5) is 24.5 Å². The van der Waals surface area contributed by atoms with E-state index in [4.69, 9.17) is 17.3 Å². The number of nitrogens with one attached hydrogen (secondary N) is 1. The molecule has 2 aromatic carbocycles. The van der Waals surface area contributed by atoms with Crippen LogP contribution in [-0.2, 0) is 6.18 Å². The molecule has 9 heteroatoms. The molecule has 0 saturated carbocycles. The normalized spacial score (nSPS) is 11.4. The minimum absolute atomic E-state index is 0.129. The number of nitrogens with two attached hydrogens (primary N) is 1. The molecule has 0 aliphatic rings. The predicted molar refractivity (Wildman–Crippen MR) is 92.4 cm³/mol. The lowest BCUT2D eigenvalue weighted by Crippen LogP contribution is -2.20. The third kappa shape index (κ3) is 3.65. The maximum Gasteiger partial charge on any atom is 0.434 e. The molecular weight excluding hydrogens is 369 g/mol. The number of halogens is 4. The number of hydrogen-bond acceptors (Lipinski definition) is 3. The van der Waals surface area contributed by atoms with Gasteiger partial charge in [-0.3, -0.25) is 4.79 Å². The number of carbonyl (C=O) groups excluding carboxylic acids is 1. The first-order valence-electron chi connectivity index (χ1n) is 7.34. The Balaban J connectivity index is 2.02. The number of benzene rings is 2. The summed E-state index contributed by atoms with van der Waals surface area (Å²) in [7, 11) is 0. The van der Waals surface area contributed by atoms with Crippen molar-refractivity contribution in [1.29, 1.82) is 0 Å². The van der Waals surface area contributed by atoms with Gasteiger partial charge in [0.05, 0.1) is 17.4 Å². The number of rotatable bonds is 3. The Hall–Kier alpha value is -3.00. The summed E-state index contributed by atoms with van der Waals surface area (Å²) in [5.41, 5.74) is 4.60. The number of alkyl halides is 3. The van der Waals surface area contributed by atoms with E-state index in [0.717, 1.165) is 6.20 Å². The number of nitrogen functional groups attached to an aromatic ring is 1. The van der Waals surface area contributed by atoms with Crippen molar-refractivity contribution in [2.75, 3.05) is 11.1 Å². The monoisotopic (exact) mass is 380 g/mol. The summed E-state index contributed by atoms with van der Waals surface area (Å²) in [5.74, 6) is -0.942. The highest BCUT2D eigenvalue weighted by Crippen LogP contribution is 2.34. The van der Waals surface area contributed by atoms with Crippen LogP contribution in [0.25, 0.3) is 5.69 Å². The van der Waals surface area contributed by atoms with Gasteiger partial charge in [0, 0.05) is 16.4 Å². The molecule has 3 N–H and O–H groups in total. The smallest absolute Gasteiger partial charge is 0.399 e. The van der Waals surface area contributed by atoms with Gasteiger partial charge in [-0.2, -0.15) is 18.3 Å². The van der Waals surface area contributed by atoms with Gasteiger partial charge in [-0.1, -0.05) is 17.7 Å². The Morgan fingerprint density at radius 2 is 1.85 bits per heavy atom. The molecule has 26 heavy (non-hydrogen) atoms. The van der Waals surface area contributed by atoms with E-state index in [9.17, 15) is 18.0 Å². The fourth-order valence-electron chi connectivity index (χ4n) is 2.38. The average molecular weight is 381 g/mol. The molecule has 3 rings (SSSR count). The number of carbonyl (C=O) groups is 1. The zero-order valence-electron chi connectivity index (χ0n) is 13.1. The Kier molecular flexibility index (Phi) is 4.60. The third-order valence-electron chi connectivity index (χ3n) is 3.50. The van der Waals surface area contributed by atoms with E-state index >= 15 is 0 Å². The lowest BCUT2D eigenvalue weighted by molar-refractivity contribution is -0.143. The van der Waals surface area contributed by atoms with E-state index in [1.807, 2.05) is 0 Å². The van der Waals surface area contributed by atoms with Gasteiger partial charge in [-0.05, 0) is 42.5 Å². The minimum atomic E-state index is -4.79. The van der Waals surface area contributed by atoms with Crippen LogP contribution in [0.5, 0.6) is 0 Å². The van der Waals surface area contributed by atoms with Crippen LogP contribution in [0.2, 0.25) is 5.02 Å². The average Bonchev–Trinajstić information content (AvgIpc) is 3.01. The minimum Gasteiger partial charge on any atom is -0.399 e. The predicted octanol–water partition coefficient (Wildman–Crippen LogP) is 4.38. The van der Waals surface area contributed by atoms with Gasteiger partial charge in [-0.25, -0.2) is 4.68 Å².